The van der Waals surface area contributed by atoms with Gasteiger partial charge < -0.3 is 19.0 Å². The number of hydrogen-bond acceptors (Lipinski definition) is 8. The lowest BCUT2D eigenvalue weighted by Crippen LogP contribution is -2.10. The first-order valence-electron chi connectivity index (χ1n) is 16.1. The quantitative estimate of drug-likeness (QED) is 0.0313. The number of carbonyl (C=O) groups is 2. The number of unbranched alkanes of at least 4 members (excludes halogenated alkanes) is 2. The summed E-state index contributed by atoms with van der Waals surface area (Å²) in [6.45, 7) is 6.55. The zero-order chi connectivity index (χ0) is 33.8. The summed E-state index contributed by atoms with van der Waals surface area (Å²) in [7, 11) is 0. The molecule has 10 heteroatoms. The van der Waals surface area contributed by atoms with Crippen LogP contribution in [0.25, 0.3) is 0 Å². The first-order chi connectivity index (χ1) is 22.3. The fraction of sp³-hybridized carbons (Fsp3) is 0.500. The molecule has 2 unspecified atom stereocenters. The normalized spacial score (nSPS) is 12.2. The molecule has 0 heterocycles. The van der Waals surface area contributed by atoms with Crippen molar-refractivity contribution >= 4 is 11.9 Å². The summed E-state index contributed by atoms with van der Waals surface area (Å²) in [6.07, 6.45) is 13.5. The Kier molecular flexibility index (Phi) is 22.5. The second-order valence-corrected chi connectivity index (χ2v) is 10.5. The predicted molar refractivity (Wildman–Crippen MR) is 177 cm³/mol. The van der Waals surface area contributed by atoms with E-state index in [0.717, 1.165) is 37.7 Å². The van der Waals surface area contributed by atoms with Crippen LogP contribution in [0.15, 0.2) is 78.9 Å². The van der Waals surface area contributed by atoms with Gasteiger partial charge in [0.15, 0.2) is 6.17 Å². The van der Waals surface area contributed by atoms with E-state index in [9.17, 15) is 24.1 Å². The van der Waals surface area contributed by atoms with Gasteiger partial charge in [0.25, 0.3) is 5.09 Å². The third-order valence-corrected chi connectivity index (χ3v) is 6.70. The minimum absolute atomic E-state index is 0.0208. The van der Waals surface area contributed by atoms with Crippen molar-refractivity contribution in [3.8, 4) is 11.5 Å². The average molecular weight is 644 g/mol. The topological polar surface area (TPSA) is 114 Å². The molecule has 2 atom stereocenters. The number of para-hydroxylation sites is 1. The van der Waals surface area contributed by atoms with Crippen LogP contribution >= 0.6 is 0 Å². The van der Waals surface area contributed by atoms with Crippen LogP contribution in [0.5, 0.6) is 11.5 Å². The van der Waals surface area contributed by atoms with Crippen LogP contribution in [0.1, 0.15) is 84.1 Å². The van der Waals surface area contributed by atoms with Gasteiger partial charge >= 0.3 is 11.9 Å². The number of allylic oxidation sites excluding steroid dienone is 3. The Bertz CT molecular complexity index is 1150. The molecule has 0 aliphatic heterocycles. The highest BCUT2D eigenvalue weighted by Gasteiger charge is 2.07. The van der Waals surface area contributed by atoms with Gasteiger partial charge in [-0.05, 0) is 81.2 Å². The molecule has 0 fully saturated rings. The van der Waals surface area contributed by atoms with Crippen molar-refractivity contribution in [3.63, 3.8) is 0 Å². The SMILES string of the molecule is C/C=C\CCCC(=O)Oc1ccc(CCOC(=O)CCCCO[N+](=O)[O-])cc1.CCCC(/C=C/C(F)COc1ccccc1)CC. The second-order valence-electron chi connectivity index (χ2n) is 10.5. The Morgan fingerprint density at radius 1 is 0.913 bits per heavy atom. The van der Waals surface area contributed by atoms with Gasteiger partial charge in [-0.15, -0.1) is 10.1 Å². The van der Waals surface area contributed by atoms with Gasteiger partial charge in [0, 0.05) is 19.3 Å². The molecule has 0 aliphatic rings. The van der Waals surface area contributed by atoms with Crippen LogP contribution in [0, 0.1) is 16.0 Å². The van der Waals surface area contributed by atoms with Crippen molar-refractivity contribution in [2.45, 2.75) is 91.2 Å². The molecule has 0 bridgehead atoms. The Hall–Kier alpha value is -4.21. The molecule has 0 spiro atoms. The number of hydrogen-bond donors (Lipinski definition) is 0. The smallest absolute Gasteiger partial charge is 0.311 e. The van der Waals surface area contributed by atoms with Crippen molar-refractivity contribution in [3.05, 3.63) is 94.6 Å². The van der Waals surface area contributed by atoms with Gasteiger partial charge in [0.1, 0.15) is 18.1 Å². The lowest BCUT2D eigenvalue weighted by molar-refractivity contribution is -0.757. The third-order valence-electron chi connectivity index (χ3n) is 6.70. The number of carbonyl (C=O) groups excluding carboxylic acids is 2. The number of halogens is 1. The maximum Gasteiger partial charge on any atom is 0.311 e. The number of ether oxygens (including phenoxy) is 3. The van der Waals surface area contributed by atoms with E-state index in [1.807, 2.05) is 67.6 Å². The summed E-state index contributed by atoms with van der Waals surface area (Å²) >= 11 is 0. The molecule has 0 N–H and O–H groups in total. The van der Waals surface area contributed by atoms with E-state index in [2.05, 4.69) is 18.7 Å². The minimum atomic E-state index is -1.03. The summed E-state index contributed by atoms with van der Waals surface area (Å²) in [5.74, 6) is 1.10. The zero-order valence-electron chi connectivity index (χ0n) is 27.4. The summed E-state index contributed by atoms with van der Waals surface area (Å²) in [4.78, 5) is 37.4. The molecular formula is C36H50FNO8. The van der Waals surface area contributed by atoms with Crippen LogP contribution in [0.3, 0.4) is 0 Å². The third kappa shape index (κ3) is 21.5. The zero-order valence-corrected chi connectivity index (χ0v) is 27.4. The molecule has 0 amide bonds. The first-order valence-corrected chi connectivity index (χ1v) is 16.1. The van der Waals surface area contributed by atoms with E-state index in [1.54, 1.807) is 18.2 Å². The maximum absolute atomic E-state index is 13.6. The highest BCUT2D eigenvalue weighted by molar-refractivity contribution is 5.72. The highest BCUT2D eigenvalue weighted by Crippen LogP contribution is 2.15. The van der Waals surface area contributed by atoms with Crippen molar-refractivity contribution in [2.24, 2.45) is 5.92 Å². The first kappa shape index (κ1) is 39.8. The van der Waals surface area contributed by atoms with Gasteiger partial charge in [-0.2, -0.15) is 0 Å². The molecule has 254 valence electrons. The number of rotatable bonds is 22. The van der Waals surface area contributed by atoms with E-state index in [0.29, 0.717) is 43.1 Å². The number of nitrogens with zero attached hydrogens (tertiary/aromatic N) is 1. The van der Waals surface area contributed by atoms with Crippen LogP contribution in [0.4, 0.5) is 4.39 Å². The van der Waals surface area contributed by atoms with Gasteiger partial charge in [0.05, 0.1) is 13.2 Å². The van der Waals surface area contributed by atoms with E-state index in [1.165, 1.54) is 0 Å². The van der Waals surface area contributed by atoms with E-state index in [-0.39, 0.29) is 38.2 Å². The van der Waals surface area contributed by atoms with Crippen LogP contribution in [0.2, 0.25) is 0 Å². The molecule has 46 heavy (non-hydrogen) atoms. The van der Waals surface area contributed by atoms with Gasteiger partial charge in [-0.3, -0.25) is 9.59 Å². The largest absolute Gasteiger partial charge is 0.490 e. The summed E-state index contributed by atoms with van der Waals surface area (Å²) in [5.41, 5.74) is 0.958. The van der Waals surface area contributed by atoms with E-state index < -0.39 is 11.3 Å². The molecule has 2 rings (SSSR count). The summed E-state index contributed by atoms with van der Waals surface area (Å²) < 4.78 is 29.4. The fourth-order valence-corrected chi connectivity index (χ4v) is 4.14. The van der Waals surface area contributed by atoms with Crippen LogP contribution in [-0.2, 0) is 25.6 Å². The molecule has 2 aromatic carbocycles. The Labute approximate surface area is 272 Å². The number of benzene rings is 2. The van der Waals surface area contributed by atoms with E-state index in [4.69, 9.17) is 14.2 Å². The Balaban J connectivity index is 0.000000506. The maximum atomic E-state index is 13.6. The summed E-state index contributed by atoms with van der Waals surface area (Å²) in [5, 5.41) is 9.12. The van der Waals surface area contributed by atoms with Crippen molar-refractivity contribution in [1.29, 1.82) is 0 Å². The van der Waals surface area contributed by atoms with Crippen molar-refractivity contribution in [1.82, 2.24) is 0 Å². The van der Waals surface area contributed by atoms with Gasteiger partial charge in [-0.1, -0.05) is 74.9 Å². The standard InChI is InChI=1S/C20H27NO7.C16H23FO/c1-2-3-4-5-9-20(23)28-18-12-10-17(11-13-18)14-16-26-19(22)8-6-7-15-27-21(24)25;1-3-8-14(4-2)11-12-15(17)13-18-16-9-6-5-7-10-16/h2-3,10-13H,4-9,14-16H2,1H3;5-7,9-12,14-15H,3-4,8,13H2,1-2H3/b3-2-;12-11+. The van der Waals surface area contributed by atoms with Gasteiger partial charge in [0.2, 0.25) is 0 Å². The molecule has 2 aromatic rings. The summed E-state index contributed by atoms with van der Waals surface area (Å²) in [6, 6.07) is 16.4. The molecule has 0 saturated heterocycles. The lowest BCUT2D eigenvalue weighted by atomic mass is 10.00. The molecule has 0 saturated carbocycles. The Morgan fingerprint density at radius 2 is 1.63 bits per heavy atom. The monoisotopic (exact) mass is 643 g/mol. The molecular weight excluding hydrogens is 593 g/mol. The predicted octanol–water partition coefficient (Wildman–Crippen LogP) is 8.59. The highest BCUT2D eigenvalue weighted by atomic mass is 19.1. The molecule has 0 aromatic heterocycles. The van der Waals surface area contributed by atoms with E-state index >= 15 is 0 Å². The van der Waals surface area contributed by atoms with Crippen LogP contribution < -0.4 is 9.47 Å². The second kappa shape index (κ2) is 26.1. The molecule has 0 aliphatic carbocycles. The fourth-order valence-electron chi connectivity index (χ4n) is 4.14. The molecule has 9 nitrogen and oxygen atoms in total. The molecule has 0 radical (unpaired) electrons. The lowest BCUT2D eigenvalue weighted by Gasteiger charge is -2.10. The van der Waals surface area contributed by atoms with Crippen LogP contribution in [-0.4, -0.2) is 43.0 Å². The van der Waals surface area contributed by atoms with Crippen molar-refractivity contribution < 1.29 is 38.1 Å². The van der Waals surface area contributed by atoms with Gasteiger partial charge in [-0.25, -0.2) is 4.39 Å². The number of alkyl halides is 1. The Morgan fingerprint density at radius 3 is 2.28 bits per heavy atom. The minimum Gasteiger partial charge on any atom is -0.490 e. The number of esters is 2. The van der Waals surface area contributed by atoms with Crippen molar-refractivity contribution in [2.75, 3.05) is 19.8 Å². The average Bonchev–Trinajstić information content (AvgIpc) is 3.05.